The third-order valence-electron chi connectivity index (χ3n) is 3.55. The fourth-order valence-corrected chi connectivity index (χ4v) is 2.04. The zero-order chi connectivity index (χ0) is 19.8. The molecule has 12 nitrogen and oxygen atoms in total. The molecule has 2 heterocycles. The van der Waals surface area contributed by atoms with Crippen molar-refractivity contribution in [1.82, 2.24) is 27.4 Å². The van der Waals surface area contributed by atoms with Crippen molar-refractivity contribution >= 4 is 18.6 Å². The maximum absolute atomic E-state index is 12.1. The van der Waals surface area contributed by atoms with Crippen LogP contribution >= 0.6 is 0 Å². The maximum Gasteiger partial charge on any atom is 0.345 e. The molecular formula is C14H14N6O6. The van der Waals surface area contributed by atoms with Gasteiger partial charge in [0.15, 0.2) is 0 Å². The van der Waals surface area contributed by atoms with E-state index in [1.807, 2.05) is 0 Å². The highest BCUT2D eigenvalue weighted by atomic mass is 16.2. The van der Waals surface area contributed by atoms with Gasteiger partial charge in [0.25, 0.3) is 0 Å². The van der Waals surface area contributed by atoms with Crippen LogP contribution in [0.4, 0.5) is 0 Å². The van der Waals surface area contributed by atoms with Crippen LogP contribution in [0.2, 0.25) is 0 Å². The molecular weight excluding hydrogens is 348 g/mol. The number of rotatable bonds is 3. The monoisotopic (exact) mass is 362 g/mol. The van der Waals surface area contributed by atoms with Crippen LogP contribution in [0.25, 0.3) is 18.6 Å². The fourth-order valence-electron chi connectivity index (χ4n) is 2.04. The fraction of sp³-hybridized carbons (Fsp3) is 0.214. The Labute approximate surface area is 143 Å². The lowest BCUT2D eigenvalue weighted by atomic mass is 10.7. The summed E-state index contributed by atoms with van der Waals surface area (Å²) in [5, 5.41) is 0. The van der Waals surface area contributed by atoms with Gasteiger partial charge >= 0.3 is 34.1 Å². The number of hydrogen-bond donors (Lipinski definition) is 0. The maximum atomic E-state index is 12.1. The summed E-state index contributed by atoms with van der Waals surface area (Å²) in [5.74, 6) is 0. The first-order valence-electron chi connectivity index (χ1n) is 7.01. The second kappa shape index (κ2) is 6.53. The van der Waals surface area contributed by atoms with Crippen LogP contribution in [0.1, 0.15) is 0 Å². The predicted octanol–water partition coefficient (Wildman–Crippen LogP) is -3.39. The summed E-state index contributed by atoms with van der Waals surface area (Å²) < 4.78 is 3.76. The summed E-state index contributed by atoms with van der Waals surface area (Å²) in [6, 6.07) is 0. The molecule has 0 aliphatic rings. The molecule has 26 heavy (non-hydrogen) atoms. The summed E-state index contributed by atoms with van der Waals surface area (Å²) in [6.07, 6.45) is 2.64. The summed E-state index contributed by atoms with van der Waals surface area (Å²) >= 11 is 0. The quantitative estimate of drug-likeness (QED) is 0.523. The van der Waals surface area contributed by atoms with Gasteiger partial charge in [0, 0.05) is 27.3 Å². The van der Waals surface area contributed by atoms with Gasteiger partial charge in [0.2, 0.25) is 0 Å². The molecule has 2 aromatic heterocycles. The second-order valence-electron chi connectivity index (χ2n) is 5.09. The van der Waals surface area contributed by atoms with Crippen molar-refractivity contribution in [3.05, 3.63) is 75.2 Å². The Kier molecular flexibility index (Phi) is 4.63. The number of nitrogens with zero attached hydrogens (tertiary/aromatic N) is 6. The van der Waals surface area contributed by atoms with Crippen LogP contribution in [-0.4, -0.2) is 27.4 Å². The zero-order valence-electron chi connectivity index (χ0n) is 14.1. The van der Waals surface area contributed by atoms with Crippen LogP contribution < -0.4 is 34.1 Å². The van der Waals surface area contributed by atoms with Gasteiger partial charge in [-0.3, -0.25) is 0 Å². The minimum Gasteiger partial charge on any atom is -0.248 e. The topological polar surface area (TPSA) is 132 Å². The molecule has 0 saturated carbocycles. The molecule has 136 valence electrons. The Hall–Kier alpha value is -3.92. The molecule has 0 bridgehead atoms. The predicted molar refractivity (Wildman–Crippen MR) is 92.8 cm³/mol. The minimum absolute atomic E-state index is 0.539. The van der Waals surface area contributed by atoms with Gasteiger partial charge in [-0.15, -0.1) is 0 Å². The molecule has 0 aliphatic heterocycles. The van der Waals surface area contributed by atoms with E-state index < -0.39 is 34.1 Å². The first kappa shape index (κ1) is 18.4. The van der Waals surface area contributed by atoms with E-state index in [9.17, 15) is 28.8 Å². The van der Waals surface area contributed by atoms with E-state index in [0.29, 0.717) is 27.4 Å². The van der Waals surface area contributed by atoms with Crippen molar-refractivity contribution < 1.29 is 0 Å². The summed E-state index contributed by atoms with van der Waals surface area (Å²) in [5.41, 5.74) is -3.19. The van der Waals surface area contributed by atoms with Gasteiger partial charge in [-0.25, -0.2) is 56.2 Å². The van der Waals surface area contributed by atoms with E-state index in [0.717, 1.165) is 25.6 Å². The Morgan fingerprint density at radius 2 is 0.962 bits per heavy atom. The van der Waals surface area contributed by atoms with Crippen LogP contribution in [0.3, 0.4) is 0 Å². The highest BCUT2D eigenvalue weighted by Crippen LogP contribution is 1.77. The Morgan fingerprint density at radius 1 is 0.615 bits per heavy atom. The minimum atomic E-state index is -1.00. The van der Waals surface area contributed by atoms with E-state index in [1.165, 1.54) is 14.1 Å². The molecule has 0 fully saturated rings. The van der Waals surface area contributed by atoms with Gasteiger partial charge in [0.05, 0.1) is 12.4 Å². The molecule has 0 unspecified atom stereocenters. The van der Waals surface area contributed by atoms with Crippen LogP contribution in [0.15, 0.2) is 41.1 Å². The Morgan fingerprint density at radius 3 is 1.38 bits per heavy atom. The molecule has 0 saturated heterocycles. The van der Waals surface area contributed by atoms with Crippen molar-refractivity contribution in [3.63, 3.8) is 0 Å². The van der Waals surface area contributed by atoms with E-state index in [-0.39, 0.29) is 0 Å². The zero-order valence-corrected chi connectivity index (χ0v) is 14.1. The smallest absolute Gasteiger partial charge is 0.248 e. The van der Waals surface area contributed by atoms with Crippen LogP contribution in [0, 0.1) is 0 Å². The average molecular weight is 362 g/mol. The molecule has 0 aromatic carbocycles. The van der Waals surface area contributed by atoms with Crippen molar-refractivity contribution in [2.24, 2.45) is 21.1 Å². The molecule has 0 radical (unpaired) electrons. The summed E-state index contributed by atoms with van der Waals surface area (Å²) in [7, 11) is 3.52. The van der Waals surface area contributed by atoms with Crippen LogP contribution in [-0.2, 0) is 21.1 Å². The highest BCUT2D eigenvalue weighted by Gasteiger charge is 2.10. The van der Waals surface area contributed by atoms with E-state index in [4.69, 9.17) is 0 Å². The third-order valence-corrected chi connectivity index (χ3v) is 3.55. The van der Waals surface area contributed by atoms with E-state index >= 15 is 0 Å². The molecule has 2 aromatic rings. The molecule has 0 spiro atoms. The average Bonchev–Trinajstić information content (AvgIpc) is 2.62. The number of hydrogen-bond acceptors (Lipinski definition) is 6. The lowest BCUT2D eigenvalue weighted by Gasteiger charge is -2.04. The third kappa shape index (κ3) is 2.70. The van der Waals surface area contributed by atoms with Crippen molar-refractivity contribution in [2.75, 3.05) is 0 Å². The van der Waals surface area contributed by atoms with Gasteiger partial charge in [-0.1, -0.05) is 12.3 Å². The Bertz CT molecular complexity index is 1290. The van der Waals surface area contributed by atoms with E-state index in [2.05, 4.69) is 12.3 Å². The second-order valence-corrected chi connectivity index (χ2v) is 5.09. The number of aromatic nitrogens is 6. The molecule has 2 rings (SSSR count). The van der Waals surface area contributed by atoms with Crippen LogP contribution in [0.5, 0.6) is 0 Å². The van der Waals surface area contributed by atoms with Gasteiger partial charge in [-0.2, -0.15) is 0 Å². The van der Waals surface area contributed by atoms with Crippen molar-refractivity contribution in [3.8, 4) is 0 Å². The molecule has 0 aliphatic carbocycles. The molecule has 0 amide bonds. The highest BCUT2D eigenvalue weighted by molar-refractivity contribution is 5.32. The first-order valence-corrected chi connectivity index (χ1v) is 7.01. The first-order chi connectivity index (χ1) is 12.1. The van der Waals surface area contributed by atoms with Gasteiger partial charge in [-0.05, 0) is 0 Å². The largest absolute Gasteiger partial charge is 0.345 e. The lowest BCUT2D eigenvalue weighted by Crippen LogP contribution is -2.51. The lowest BCUT2D eigenvalue weighted by molar-refractivity contribution is 0.591. The van der Waals surface area contributed by atoms with E-state index in [1.54, 1.807) is 0 Å². The van der Waals surface area contributed by atoms with Gasteiger partial charge < -0.3 is 0 Å². The SMILES string of the molecule is C=Cn1c(=O)n(C)c(=O)n(C=C=Cn2c(=O)n(C)c(=O)n(C)c2=O)c1=O. The molecule has 12 heteroatoms. The van der Waals surface area contributed by atoms with Gasteiger partial charge in [0.1, 0.15) is 0 Å². The standard InChI is InChI=1S/C14H14N6O6/c1-5-18-10(22)17(4)13(25)20(14(18)26)8-6-7-19-11(23)15(2)9(21)16(3)12(19)24/h5,7-8H,1H2,2-4H3. The normalized spacial score (nSPS) is 10.3. The molecule has 0 N–H and O–H groups in total. The summed E-state index contributed by atoms with van der Waals surface area (Å²) in [4.78, 5) is 71.5. The summed E-state index contributed by atoms with van der Waals surface area (Å²) in [6.45, 7) is 3.31. The van der Waals surface area contributed by atoms with Crippen molar-refractivity contribution in [2.45, 2.75) is 0 Å². The molecule has 0 atom stereocenters. The Balaban J connectivity index is 2.79. The van der Waals surface area contributed by atoms with Crippen molar-refractivity contribution in [1.29, 1.82) is 0 Å².